The van der Waals surface area contributed by atoms with E-state index in [1.165, 1.54) is 5.56 Å². The fraction of sp³-hybridized carbons (Fsp3) is 0.412. The molecule has 6 heteroatoms. The van der Waals surface area contributed by atoms with E-state index < -0.39 is 0 Å². The number of nitrogens with one attached hydrogen (secondary N) is 2. The molecule has 2 aromatic rings. The Morgan fingerprint density at radius 2 is 2.17 bits per heavy atom. The number of carbonyl (C=O) groups is 1. The number of aliphatic hydroxyl groups is 1. The molecule has 3 rings (SSSR count). The normalized spacial score (nSPS) is 22.0. The lowest BCUT2D eigenvalue weighted by Crippen LogP contribution is -2.53. The molecule has 1 aromatic heterocycles. The summed E-state index contributed by atoms with van der Waals surface area (Å²) in [7, 11) is 0. The first-order valence-corrected chi connectivity index (χ1v) is 7.93. The summed E-state index contributed by atoms with van der Waals surface area (Å²) in [6.07, 6.45) is 2.43. The van der Waals surface area contributed by atoms with Gasteiger partial charge in [0.25, 0.3) is 5.91 Å². The number of aromatic amines is 1. The molecule has 23 heavy (non-hydrogen) atoms. The van der Waals surface area contributed by atoms with E-state index >= 15 is 0 Å². The predicted molar refractivity (Wildman–Crippen MR) is 86.8 cm³/mol. The van der Waals surface area contributed by atoms with Gasteiger partial charge in [-0.25, -0.2) is 0 Å². The molecule has 1 aliphatic heterocycles. The second kappa shape index (κ2) is 7.39. The van der Waals surface area contributed by atoms with Crippen LogP contribution >= 0.6 is 0 Å². The van der Waals surface area contributed by atoms with E-state index in [4.69, 9.17) is 0 Å². The van der Waals surface area contributed by atoms with Crippen LogP contribution in [0.25, 0.3) is 0 Å². The molecule has 1 amide bonds. The van der Waals surface area contributed by atoms with E-state index in [1.807, 2.05) is 18.2 Å². The average molecular weight is 314 g/mol. The summed E-state index contributed by atoms with van der Waals surface area (Å²) in [5, 5.41) is 19.1. The summed E-state index contributed by atoms with van der Waals surface area (Å²) in [6, 6.07) is 11.9. The largest absolute Gasteiger partial charge is 0.396 e. The predicted octanol–water partition coefficient (Wildman–Crippen LogP) is 1.02. The molecular weight excluding hydrogens is 292 g/mol. The summed E-state index contributed by atoms with van der Waals surface area (Å²) in [5.74, 6) is -0.0820. The van der Waals surface area contributed by atoms with Crippen molar-refractivity contribution in [3.63, 3.8) is 0 Å². The Balaban J connectivity index is 1.63. The fourth-order valence-corrected chi connectivity index (χ4v) is 3.06. The number of H-pyrrole nitrogens is 1. The third-order valence-corrected chi connectivity index (χ3v) is 4.39. The van der Waals surface area contributed by atoms with Crippen LogP contribution in [-0.4, -0.2) is 51.8 Å². The number of piperidine rings is 1. The molecule has 0 saturated carbocycles. The number of likely N-dealkylation sites (tertiary alicyclic amines) is 1. The van der Waals surface area contributed by atoms with Crippen LogP contribution in [0, 0.1) is 5.92 Å². The molecule has 1 fully saturated rings. The molecule has 0 spiro atoms. The summed E-state index contributed by atoms with van der Waals surface area (Å²) in [5.41, 5.74) is 1.70. The van der Waals surface area contributed by atoms with Gasteiger partial charge in [0.05, 0.1) is 0 Å². The number of benzene rings is 1. The number of hydrogen-bond donors (Lipinski definition) is 3. The van der Waals surface area contributed by atoms with Gasteiger partial charge in [0.1, 0.15) is 5.69 Å². The Kier molecular flexibility index (Phi) is 5.05. The number of nitrogens with zero attached hydrogens (tertiary/aromatic N) is 2. The van der Waals surface area contributed by atoms with Crippen molar-refractivity contribution in [2.75, 3.05) is 19.7 Å². The van der Waals surface area contributed by atoms with E-state index in [0.29, 0.717) is 5.69 Å². The highest BCUT2D eigenvalue weighted by atomic mass is 16.3. The van der Waals surface area contributed by atoms with Gasteiger partial charge in [0.2, 0.25) is 0 Å². The first kappa shape index (κ1) is 15.7. The molecular formula is C17H22N4O2. The SMILES string of the molecule is O=C(NC1CN(Cc2ccccc2)CCC1CO)c1ccn[nH]1. The van der Waals surface area contributed by atoms with Gasteiger partial charge in [0.15, 0.2) is 0 Å². The number of hydrogen-bond acceptors (Lipinski definition) is 4. The van der Waals surface area contributed by atoms with Gasteiger partial charge >= 0.3 is 0 Å². The summed E-state index contributed by atoms with van der Waals surface area (Å²) in [4.78, 5) is 14.5. The molecule has 0 aliphatic carbocycles. The van der Waals surface area contributed by atoms with Crippen molar-refractivity contribution in [3.05, 3.63) is 53.9 Å². The van der Waals surface area contributed by atoms with Crippen molar-refractivity contribution in [2.24, 2.45) is 5.92 Å². The molecule has 2 unspecified atom stereocenters. The van der Waals surface area contributed by atoms with Crippen molar-refractivity contribution in [1.29, 1.82) is 0 Å². The number of aromatic nitrogens is 2. The Hall–Kier alpha value is -2.18. The standard InChI is InChI=1S/C17H22N4O2/c22-12-14-7-9-21(10-13-4-2-1-3-5-13)11-16(14)19-17(23)15-6-8-18-20-15/h1-6,8,14,16,22H,7,9-12H2,(H,18,20)(H,19,23). The van der Waals surface area contributed by atoms with Gasteiger partial charge in [-0.05, 0) is 24.6 Å². The van der Waals surface area contributed by atoms with Crippen LogP contribution < -0.4 is 5.32 Å². The second-order valence-electron chi connectivity index (χ2n) is 6.00. The van der Waals surface area contributed by atoms with E-state index in [9.17, 15) is 9.90 Å². The number of amides is 1. The molecule has 122 valence electrons. The molecule has 6 nitrogen and oxygen atoms in total. The van der Waals surface area contributed by atoms with Crippen LogP contribution in [0.5, 0.6) is 0 Å². The zero-order valence-electron chi connectivity index (χ0n) is 13.0. The first-order valence-electron chi connectivity index (χ1n) is 7.93. The van der Waals surface area contributed by atoms with E-state index in [2.05, 4.69) is 32.5 Å². The van der Waals surface area contributed by atoms with Crippen molar-refractivity contribution >= 4 is 5.91 Å². The molecule has 1 saturated heterocycles. The van der Waals surface area contributed by atoms with Gasteiger partial charge in [-0.3, -0.25) is 14.8 Å². The number of rotatable bonds is 5. The molecule has 1 aromatic carbocycles. The average Bonchev–Trinajstić information content (AvgIpc) is 3.11. The van der Waals surface area contributed by atoms with Gasteiger partial charge in [0, 0.05) is 37.9 Å². The minimum atomic E-state index is -0.174. The Bertz CT molecular complexity index is 615. The van der Waals surface area contributed by atoms with Crippen LogP contribution in [0.4, 0.5) is 0 Å². The molecule has 0 bridgehead atoms. The lowest BCUT2D eigenvalue weighted by molar-refractivity contribution is 0.0727. The quantitative estimate of drug-likeness (QED) is 0.770. The Morgan fingerprint density at radius 1 is 1.35 bits per heavy atom. The van der Waals surface area contributed by atoms with Crippen molar-refractivity contribution < 1.29 is 9.90 Å². The lowest BCUT2D eigenvalue weighted by atomic mass is 9.91. The van der Waals surface area contributed by atoms with Crippen LogP contribution in [0.2, 0.25) is 0 Å². The van der Waals surface area contributed by atoms with E-state index in [1.54, 1.807) is 12.3 Å². The maximum absolute atomic E-state index is 12.2. The molecule has 0 radical (unpaired) electrons. The van der Waals surface area contributed by atoms with Gasteiger partial charge in [-0.2, -0.15) is 5.10 Å². The monoisotopic (exact) mass is 314 g/mol. The third kappa shape index (κ3) is 3.97. The molecule has 2 atom stereocenters. The van der Waals surface area contributed by atoms with Crippen LogP contribution in [-0.2, 0) is 6.54 Å². The highest BCUT2D eigenvalue weighted by molar-refractivity contribution is 5.92. The Morgan fingerprint density at radius 3 is 2.87 bits per heavy atom. The van der Waals surface area contributed by atoms with Crippen LogP contribution in [0.3, 0.4) is 0 Å². The Labute approximate surface area is 135 Å². The fourth-order valence-electron chi connectivity index (χ4n) is 3.06. The minimum absolute atomic E-state index is 0.0618. The first-order chi connectivity index (χ1) is 11.3. The van der Waals surface area contributed by atoms with Crippen molar-refractivity contribution in [2.45, 2.75) is 19.0 Å². The number of carbonyl (C=O) groups excluding carboxylic acids is 1. The van der Waals surface area contributed by atoms with Gasteiger partial charge in [-0.15, -0.1) is 0 Å². The molecule has 3 N–H and O–H groups in total. The van der Waals surface area contributed by atoms with Gasteiger partial charge < -0.3 is 10.4 Å². The maximum Gasteiger partial charge on any atom is 0.269 e. The smallest absolute Gasteiger partial charge is 0.269 e. The molecule has 2 heterocycles. The van der Waals surface area contributed by atoms with Crippen molar-refractivity contribution in [1.82, 2.24) is 20.4 Å². The highest BCUT2D eigenvalue weighted by Crippen LogP contribution is 2.19. The van der Waals surface area contributed by atoms with E-state index in [-0.39, 0.29) is 24.5 Å². The summed E-state index contributed by atoms with van der Waals surface area (Å²) >= 11 is 0. The summed E-state index contributed by atoms with van der Waals surface area (Å²) < 4.78 is 0. The van der Waals surface area contributed by atoms with Crippen molar-refractivity contribution in [3.8, 4) is 0 Å². The van der Waals surface area contributed by atoms with Crippen LogP contribution in [0.1, 0.15) is 22.5 Å². The summed E-state index contributed by atoms with van der Waals surface area (Å²) in [6.45, 7) is 2.61. The minimum Gasteiger partial charge on any atom is -0.396 e. The van der Waals surface area contributed by atoms with Gasteiger partial charge in [-0.1, -0.05) is 30.3 Å². The lowest BCUT2D eigenvalue weighted by Gasteiger charge is -2.38. The zero-order chi connectivity index (χ0) is 16.1. The van der Waals surface area contributed by atoms with E-state index in [0.717, 1.165) is 26.1 Å². The van der Waals surface area contributed by atoms with Crippen LogP contribution in [0.15, 0.2) is 42.6 Å². The maximum atomic E-state index is 12.2. The number of aliphatic hydroxyl groups excluding tert-OH is 1. The second-order valence-corrected chi connectivity index (χ2v) is 6.00. The zero-order valence-corrected chi connectivity index (χ0v) is 13.0. The highest BCUT2D eigenvalue weighted by Gasteiger charge is 2.30. The third-order valence-electron chi connectivity index (χ3n) is 4.39. The molecule has 1 aliphatic rings. The topological polar surface area (TPSA) is 81.2 Å².